The predicted octanol–water partition coefficient (Wildman–Crippen LogP) is 5.05. The second kappa shape index (κ2) is 7.39. The summed E-state index contributed by atoms with van der Waals surface area (Å²) in [5, 5.41) is 4.05. The van der Waals surface area contributed by atoms with E-state index in [0.717, 1.165) is 38.2 Å². The van der Waals surface area contributed by atoms with Crippen molar-refractivity contribution < 1.29 is 22.4 Å². The minimum absolute atomic E-state index is 0.00604. The van der Waals surface area contributed by atoms with Gasteiger partial charge in [-0.2, -0.15) is 18.3 Å². The number of furan rings is 1. The van der Waals surface area contributed by atoms with E-state index >= 15 is 0 Å². The summed E-state index contributed by atoms with van der Waals surface area (Å²) in [6.07, 6.45) is 1.86. The molecule has 6 nitrogen and oxygen atoms in total. The minimum atomic E-state index is -4.66. The Morgan fingerprint density at radius 2 is 2.00 bits per heavy atom. The summed E-state index contributed by atoms with van der Waals surface area (Å²) in [6, 6.07) is 5.49. The number of alkyl halides is 3. The lowest BCUT2D eigenvalue weighted by atomic mass is 9.72. The first-order valence-corrected chi connectivity index (χ1v) is 10.7. The molecule has 2 aliphatic rings. The number of carbonyl (C=O) groups excluding carboxylic acids is 1. The van der Waals surface area contributed by atoms with Crippen LogP contribution in [0.15, 0.2) is 34.9 Å². The van der Waals surface area contributed by atoms with Crippen molar-refractivity contribution in [2.75, 3.05) is 6.54 Å². The second-order valence-electron chi connectivity index (χ2n) is 8.58. The summed E-state index contributed by atoms with van der Waals surface area (Å²) in [7, 11) is 0. The number of aromatic nitrogens is 3. The fourth-order valence-electron chi connectivity index (χ4n) is 5.14. The lowest BCUT2D eigenvalue weighted by Crippen LogP contribution is -2.52. The summed E-state index contributed by atoms with van der Waals surface area (Å²) >= 11 is 0. The van der Waals surface area contributed by atoms with Gasteiger partial charge in [0.2, 0.25) is 0 Å². The first kappa shape index (κ1) is 20.1. The van der Waals surface area contributed by atoms with E-state index in [1.165, 1.54) is 12.3 Å². The SMILES string of the molecule is C[C@@H]1CCN(C(=O)c2cc3nc(-c4ccco4)cc(C(F)(F)F)n3n2)[C@@H]2CCCC[C@@H]12. The maximum absolute atomic E-state index is 13.8. The molecule has 164 valence electrons. The van der Waals surface area contributed by atoms with Crippen LogP contribution in [0.1, 0.15) is 55.2 Å². The lowest BCUT2D eigenvalue weighted by Gasteiger charge is -2.47. The molecule has 2 fully saturated rings. The van der Waals surface area contributed by atoms with Crippen LogP contribution in [0.2, 0.25) is 0 Å². The van der Waals surface area contributed by atoms with Gasteiger partial charge in [0, 0.05) is 18.7 Å². The number of carbonyl (C=O) groups is 1. The molecule has 3 aromatic heterocycles. The van der Waals surface area contributed by atoms with E-state index in [4.69, 9.17) is 4.42 Å². The van der Waals surface area contributed by atoms with Gasteiger partial charge in [-0.3, -0.25) is 4.79 Å². The third-order valence-electron chi connectivity index (χ3n) is 6.71. The zero-order valence-electron chi connectivity index (χ0n) is 17.1. The first-order chi connectivity index (χ1) is 14.8. The van der Waals surface area contributed by atoms with Crippen molar-refractivity contribution >= 4 is 11.6 Å². The number of hydrogen-bond acceptors (Lipinski definition) is 4. The molecule has 1 saturated carbocycles. The van der Waals surface area contributed by atoms with Crippen LogP contribution in [0.3, 0.4) is 0 Å². The Hall–Kier alpha value is -2.84. The molecule has 4 heterocycles. The van der Waals surface area contributed by atoms with Crippen molar-refractivity contribution in [3.63, 3.8) is 0 Å². The van der Waals surface area contributed by atoms with Crippen LogP contribution in [0.5, 0.6) is 0 Å². The van der Waals surface area contributed by atoms with Crippen molar-refractivity contribution in [2.45, 2.75) is 51.2 Å². The number of likely N-dealkylation sites (tertiary alicyclic amines) is 1. The summed E-state index contributed by atoms with van der Waals surface area (Å²) in [5.74, 6) is 0.891. The zero-order chi connectivity index (χ0) is 21.8. The molecular weight excluding hydrogens is 409 g/mol. The van der Waals surface area contributed by atoms with E-state index < -0.39 is 11.9 Å². The fraction of sp³-hybridized carbons (Fsp3) is 0.500. The minimum Gasteiger partial charge on any atom is -0.463 e. The zero-order valence-corrected chi connectivity index (χ0v) is 17.1. The maximum Gasteiger partial charge on any atom is 0.433 e. The monoisotopic (exact) mass is 432 g/mol. The van der Waals surface area contributed by atoms with Gasteiger partial charge in [-0.25, -0.2) is 9.50 Å². The third-order valence-corrected chi connectivity index (χ3v) is 6.71. The summed E-state index contributed by atoms with van der Waals surface area (Å²) in [6.45, 7) is 2.83. The average Bonchev–Trinajstić information content (AvgIpc) is 3.42. The molecule has 1 saturated heterocycles. The molecule has 3 aromatic rings. The number of amides is 1. The van der Waals surface area contributed by atoms with E-state index in [1.807, 2.05) is 4.90 Å². The molecule has 0 N–H and O–H groups in total. The highest BCUT2D eigenvalue weighted by atomic mass is 19.4. The van der Waals surface area contributed by atoms with Crippen LogP contribution in [0.4, 0.5) is 13.2 Å². The van der Waals surface area contributed by atoms with Gasteiger partial charge in [0.25, 0.3) is 5.91 Å². The van der Waals surface area contributed by atoms with Gasteiger partial charge in [-0.1, -0.05) is 19.8 Å². The van der Waals surface area contributed by atoms with Gasteiger partial charge in [0.1, 0.15) is 5.69 Å². The van der Waals surface area contributed by atoms with Gasteiger partial charge in [0.15, 0.2) is 22.8 Å². The molecular formula is C22H23F3N4O2. The van der Waals surface area contributed by atoms with Crippen molar-refractivity contribution in [1.29, 1.82) is 0 Å². The Balaban J connectivity index is 1.55. The number of hydrogen-bond donors (Lipinski definition) is 0. The highest BCUT2D eigenvalue weighted by molar-refractivity contribution is 5.93. The Morgan fingerprint density at radius 1 is 1.19 bits per heavy atom. The summed E-state index contributed by atoms with van der Waals surface area (Å²) in [5.41, 5.74) is -0.989. The number of fused-ring (bicyclic) bond motifs is 2. The first-order valence-electron chi connectivity index (χ1n) is 10.7. The molecule has 0 radical (unpaired) electrons. The van der Waals surface area contributed by atoms with Crippen molar-refractivity contribution in [2.24, 2.45) is 11.8 Å². The largest absolute Gasteiger partial charge is 0.463 e. The van der Waals surface area contributed by atoms with Crippen molar-refractivity contribution in [1.82, 2.24) is 19.5 Å². The number of halogens is 3. The van der Waals surface area contributed by atoms with Gasteiger partial charge >= 0.3 is 6.18 Å². The molecule has 9 heteroatoms. The Morgan fingerprint density at radius 3 is 2.74 bits per heavy atom. The number of rotatable bonds is 2. The lowest BCUT2D eigenvalue weighted by molar-refractivity contribution is -0.142. The standard InChI is InChI=1S/C22H23F3N4O2/c1-13-8-9-28(17-6-3-2-5-14(13)17)21(30)16-12-20-26-15(18-7-4-10-31-18)11-19(22(23,24)25)29(20)27-16/h4,7,10-14,17H,2-3,5-6,8-9H2,1H3/t13-,14+,17-/m1/s1. The van der Waals surface area contributed by atoms with E-state index in [2.05, 4.69) is 17.0 Å². The van der Waals surface area contributed by atoms with E-state index in [-0.39, 0.29) is 34.7 Å². The van der Waals surface area contributed by atoms with E-state index in [9.17, 15) is 18.0 Å². The smallest absolute Gasteiger partial charge is 0.433 e. The molecule has 0 unspecified atom stereocenters. The summed E-state index contributed by atoms with van der Waals surface area (Å²) < 4.78 is 47.2. The topological polar surface area (TPSA) is 63.6 Å². The van der Waals surface area contributed by atoms with Crippen LogP contribution < -0.4 is 0 Å². The van der Waals surface area contributed by atoms with Gasteiger partial charge in [-0.05, 0) is 49.3 Å². The number of piperidine rings is 1. The Kier molecular flexibility index (Phi) is 4.79. The van der Waals surface area contributed by atoms with E-state index in [0.29, 0.717) is 22.9 Å². The highest BCUT2D eigenvalue weighted by Crippen LogP contribution is 2.39. The predicted molar refractivity (Wildman–Crippen MR) is 106 cm³/mol. The van der Waals surface area contributed by atoms with Crippen LogP contribution in [0.25, 0.3) is 17.1 Å². The van der Waals surface area contributed by atoms with Crippen LogP contribution >= 0.6 is 0 Å². The Bertz CT molecular complexity index is 1110. The van der Waals surface area contributed by atoms with Crippen LogP contribution in [-0.4, -0.2) is 38.0 Å². The van der Waals surface area contributed by atoms with Gasteiger partial charge in [0.05, 0.1) is 6.26 Å². The van der Waals surface area contributed by atoms with Gasteiger partial charge < -0.3 is 9.32 Å². The van der Waals surface area contributed by atoms with E-state index in [1.54, 1.807) is 12.1 Å². The molecule has 1 aliphatic carbocycles. The summed E-state index contributed by atoms with van der Waals surface area (Å²) in [4.78, 5) is 19.4. The van der Waals surface area contributed by atoms with Crippen molar-refractivity contribution in [3.8, 4) is 11.5 Å². The third kappa shape index (κ3) is 3.49. The molecule has 31 heavy (non-hydrogen) atoms. The molecule has 5 rings (SSSR count). The molecule has 3 atom stereocenters. The second-order valence-corrected chi connectivity index (χ2v) is 8.58. The average molecular weight is 432 g/mol. The highest BCUT2D eigenvalue weighted by Gasteiger charge is 2.41. The van der Waals surface area contributed by atoms with Crippen LogP contribution in [0, 0.1) is 11.8 Å². The normalized spacial score (nSPS) is 24.4. The molecule has 0 spiro atoms. The maximum atomic E-state index is 13.8. The molecule has 0 bridgehead atoms. The quantitative estimate of drug-likeness (QED) is 0.569. The van der Waals surface area contributed by atoms with Gasteiger partial charge in [-0.15, -0.1) is 0 Å². The molecule has 1 aliphatic heterocycles. The molecule has 1 amide bonds. The Labute approximate surface area is 177 Å². The fourth-order valence-corrected chi connectivity index (χ4v) is 5.14. The number of nitrogens with zero attached hydrogens (tertiary/aromatic N) is 4. The van der Waals surface area contributed by atoms with Crippen LogP contribution in [-0.2, 0) is 6.18 Å². The van der Waals surface area contributed by atoms with Crippen molar-refractivity contribution in [3.05, 3.63) is 41.9 Å². The molecule has 0 aromatic carbocycles.